The zero-order valence-corrected chi connectivity index (χ0v) is 13.4. The number of aliphatic carboxylic acids is 1. The Balaban J connectivity index is 2.46. The second-order valence-corrected chi connectivity index (χ2v) is 7.22. The smallest absolute Gasteiger partial charge is 0.317 e. The number of likely N-dealkylation sites (tertiary alicyclic amines) is 1. The minimum absolute atomic E-state index is 0.0984. The zero-order chi connectivity index (χ0) is 16.2. The molecule has 6 heteroatoms. The van der Waals surface area contributed by atoms with Crippen LogP contribution in [0.3, 0.4) is 0 Å². The van der Waals surface area contributed by atoms with Crippen LogP contribution in [-0.4, -0.2) is 52.9 Å². The van der Waals surface area contributed by atoms with Crippen molar-refractivity contribution in [3.05, 3.63) is 0 Å². The van der Waals surface area contributed by atoms with Crippen LogP contribution in [0.25, 0.3) is 0 Å². The number of nitrogens with one attached hydrogen (secondary N) is 1. The highest BCUT2D eigenvalue weighted by Crippen LogP contribution is 2.24. The summed E-state index contributed by atoms with van der Waals surface area (Å²) in [4.78, 5) is 24.9. The molecule has 1 rings (SSSR count). The molecule has 1 aliphatic heterocycles. The summed E-state index contributed by atoms with van der Waals surface area (Å²) in [6.45, 7) is 8.96. The van der Waals surface area contributed by atoms with E-state index in [4.69, 9.17) is 0 Å². The van der Waals surface area contributed by atoms with Crippen molar-refractivity contribution in [1.29, 1.82) is 0 Å². The molecule has 0 aromatic rings. The highest BCUT2D eigenvalue weighted by Gasteiger charge is 2.30. The van der Waals surface area contributed by atoms with Gasteiger partial charge in [0.15, 0.2) is 0 Å². The van der Waals surface area contributed by atoms with Crippen LogP contribution < -0.4 is 5.32 Å². The van der Waals surface area contributed by atoms with E-state index in [0.29, 0.717) is 19.5 Å². The van der Waals surface area contributed by atoms with E-state index in [0.717, 1.165) is 6.42 Å². The molecule has 0 spiro atoms. The van der Waals surface area contributed by atoms with Crippen LogP contribution in [0.1, 0.15) is 40.5 Å². The summed E-state index contributed by atoms with van der Waals surface area (Å²) in [5, 5.41) is 21.5. The lowest BCUT2D eigenvalue weighted by Gasteiger charge is -2.24. The monoisotopic (exact) mass is 300 g/mol. The standard InChI is InChI=1S/C15H28N2O4/c1-10(18)11-5-6-17(9-11)14(21)16-8-12(13(19)20)7-15(2,3)4/h10-12,18H,5-9H2,1-4H3,(H,16,21)(H,19,20). The number of carbonyl (C=O) groups is 2. The lowest BCUT2D eigenvalue weighted by Crippen LogP contribution is -2.42. The molecule has 3 atom stereocenters. The number of rotatable bonds is 5. The third-order valence-electron chi connectivity index (χ3n) is 3.90. The van der Waals surface area contributed by atoms with Gasteiger partial charge in [0, 0.05) is 25.6 Å². The Morgan fingerprint density at radius 3 is 2.43 bits per heavy atom. The average molecular weight is 300 g/mol. The molecule has 1 fully saturated rings. The number of amides is 2. The van der Waals surface area contributed by atoms with Crippen LogP contribution in [0, 0.1) is 17.3 Å². The van der Waals surface area contributed by atoms with Gasteiger partial charge in [-0.2, -0.15) is 0 Å². The van der Waals surface area contributed by atoms with Crippen LogP contribution >= 0.6 is 0 Å². The van der Waals surface area contributed by atoms with Crippen molar-refractivity contribution in [2.75, 3.05) is 19.6 Å². The normalized spacial score (nSPS) is 22.0. The average Bonchev–Trinajstić information content (AvgIpc) is 2.82. The minimum Gasteiger partial charge on any atom is -0.481 e. The van der Waals surface area contributed by atoms with Crippen molar-refractivity contribution in [3.8, 4) is 0 Å². The number of hydrogen-bond acceptors (Lipinski definition) is 3. The molecule has 1 heterocycles. The van der Waals surface area contributed by atoms with Crippen molar-refractivity contribution in [3.63, 3.8) is 0 Å². The van der Waals surface area contributed by atoms with E-state index >= 15 is 0 Å². The molecular weight excluding hydrogens is 272 g/mol. The molecule has 6 nitrogen and oxygen atoms in total. The van der Waals surface area contributed by atoms with Crippen LogP contribution in [0.4, 0.5) is 4.79 Å². The van der Waals surface area contributed by atoms with Gasteiger partial charge in [0.2, 0.25) is 0 Å². The van der Waals surface area contributed by atoms with Gasteiger partial charge in [-0.15, -0.1) is 0 Å². The van der Waals surface area contributed by atoms with Crippen molar-refractivity contribution < 1.29 is 19.8 Å². The predicted octanol–water partition coefficient (Wildman–Crippen LogP) is 1.54. The van der Waals surface area contributed by atoms with Gasteiger partial charge in [0.05, 0.1) is 12.0 Å². The Bertz CT molecular complexity index is 376. The molecule has 0 saturated carbocycles. The van der Waals surface area contributed by atoms with E-state index in [1.54, 1.807) is 11.8 Å². The first-order chi connectivity index (χ1) is 9.60. The highest BCUT2D eigenvalue weighted by atomic mass is 16.4. The third-order valence-corrected chi connectivity index (χ3v) is 3.90. The van der Waals surface area contributed by atoms with E-state index in [-0.39, 0.29) is 23.9 Å². The molecule has 3 unspecified atom stereocenters. The van der Waals surface area contributed by atoms with Crippen molar-refractivity contribution >= 4 is 12.0 Å². The molecule has 1 saturated heterocycles. The number of urea groups is 1. The lowest BCUT2D eigenvalue weighted by molar-refractivity contribution is -0.142. The van der Waals surface area contributed by atoms with Crippen molar-refractivity contribution in [2.24, 2.45) is 17.3 Å². The van der Waals surface area contributed by atoms with E-state index < -0.39 is 18.0 Å². The van der Waals surface area contributed by atoms with Gasteiger partial charge in [0.25, 0.3) is 0 Å². The second kappa shape index (κ2) is 7.11. The Morgan fingerprint density at radius 2 is 2.00 bits per heavy atom. The topological polar surface area (TPSA) is 89.9 Å². The van der Waals surface area contributed by atoms with Gasteiger partial charge in [-0.25, -0.2) is 4.79 Å². The first kappa shape index (κ1) is 17.8. The van der Waals surface area contributed by atoms with Crippen molar-refractivity contribution in [1.82, 2.24) is 10.2 Å². The van der Waals surface area contributed by atoms with Gasteiger partial charge in [0.1, 0.15) is 0 Å². The largest absolute Gasteiger partial charge is 0.481 e. The fourth-order valence-electron chi connectivity index (χ4n) is 2.67. The first-order valence-corrected chi connectivity index (χ1v) is 7.54. The molecule has 21 heavy (non-hydrogen) atoms. The highest BCUT2D eigenvalue weighted by molar-refractivity contribution is 5.76. The lowest BCUT2D eigenvalue weighted by atomic mass is 9.84. The quantitative estimate of drug-likeness (QED) is 0.718. The number of aliphatic hydroxyl groups excluding tert-OH is 1. The van der Waals surface area contributed by atoms with Crippen LogP contribution in [0.2, 0.25) is 0 Å². The van der Waals surface area contributed by atoms with E-state index in [2.05, 4.69) is 5.32 Å². The number of hydrogen-bond donors (Lipinski definition) is 3. The molecule has 0 radical (unpaired) electrons. The fourth-order valence-corrected chi connectivity index (χ4v) is 2.67. The molecule has 0 aliphatic carbocycles. The van der Waals surface area contributed by atoms with E-state index in [1.165, 1.54) is 0 Å². The number of carboxylic acid groups (broad SMARTS) is 1. The predicted molar refractivity (Wildman–Crippen MR) is 80.0 cm³/mol. The summed E-state index contributed by atoms with van der Waals surface area (Å²) in [5.74, 6) is -1.35. The Morgan fingerprint density at radius 1 is 1.38 bits per heavy atom. The SMILES string of the molecule is CC(O)C1CCN(C(=O)NCC(CC(C)(C)C)C(=O)O)C1. The second-order valence-electron chi connectivity index (χ2n) is 7.22. The number of nitrogens with zero attached hydrogens (tertiary/aromatic N) is 1. The van der Waals surface area contributed by atoms with Gasteiger partial charge in [-0.3, -0.25) is 4.79 Å². The summed E-state index contributed by atoms with van der Waals surface area (Å²) < 4.78 is 0. The summed E-state index contributed by atoms with van der Waals surface area (Å²) in [5.41, 5.74) is -0.0984. The maximum atomic E-state index is 12.0. The minimum atomic E-state index is -0.881. The number of carbonyl (C=O) groups excluding carboxylic acids is 1. The van der Waals surface area contributed by atoms with E-state index in [9.17, 15) is 19.8 Å². The Labute approximate surface area is 126 Å². The van der Waals surface area contributed by atoms with Gasteiger partial charge in [-0.05, 0) is 25.2 Å². The van der Waals surface area contributed by atoms with Crippen molar-refractivity contribution in [2.45, 2.75) is 46.6 Å². The Kier molecular flexibility index (Phi) is 6.01. The first-order valence-electron chi connectivity index (χ1n) is 7.54. The third kappa shape index (κ3) is 5.91. The summed E-state index contributed by atoms with van der Waals surface area (Å²) >= 11 is 0. The van der Waals surface area contributed by atoms with E-state index in [1.807, 2.05) is 20.8 Å². The molecule has 122 valence electrons. The van der Waals surface area contributed by atoms with Gasteiger partial charge >= 0.3 is 12.0 Å². The maximum Gasteiger partial charge on any atom is 0.317 e. The zero-order valence-electron chi connectivity index (χ0n) is 13.4. The van der Waals surface area contributed by atoms with Crippen LogP contribution in [-0.2, 0) is 4.79 Å². The summed E-state index contributed by atoms with van der Waals surface area (Å²) in [6, 6.07) is -0.238. The number of aliphatic hydroxyl groups is 1. The number of carboxylic acids is 1. The molecule has 0 aromatic carbocycles. The molecule has 2 amide bonds. The summed E-state index contributed by atoms with van der Waals surface area (Å²) in [6.07, 6.45) is 0.879. The molecule has 0 aromatic heterocycles. The molecule has 1 aliphatic rings. The van der Waals surface area contributed by atoms with Gasteiger partial charge < -0.3 is 20.4 Å². The molecule has 0 bridgehead atoms. The Hall–Kier alpha value is -1.30. The van der Waals surface area contributed by atoms with Crippen LogP contribution in [0.15, 0.2) is 0 Å². The molecular formula is C15H28N2O4. The fraction of sp³-hybridized carbons (Fsp3) is 0.867. The van der Waals surface area contributed by atoms with Gasteiger partial charge in [-0.1, -0.05) is 20.8 Å². The molecule has 3 N–H and O–H groups in total. The summed E-state index contributed by atoms with van der Waals surface area (Å²) in [7, 11) is 0. The van der Waals surface area contributed by atoms with Crippen LogP contribution in [0.5, 0.6) is 0 Å². The maximum absolute atomic E-state index is 12.0.